The summed E-state index contributed by atoms with van der Waals surface area (Å²) in [6.07, 6.45) is 1.46. The second-order valence-corrected chi connectivity index (χ2v) is 7.69. The lowest BCUT2D eigenvalue weighted by molar-refractivity contribution is -0.117. The van der Waals surface area contributed by atoms with E-state index in [-0.39, 0.29) is 17.6 Å². The molecular weight excluding hydrogens is 288 g/mol. The third-order valence-corrected chi connectivity index (χ3v) is 5.04. The van der Waals surface area contributed by atoms with Crippen LogP contribution in [0.2, 0.25) is 0 Å². The molecule has 1 heterocycles. The molecule has 1 fully saturated rings. The van der Waals surface area contributed by atoms with Crippen LogP contribution in [0.5, 0.6) is 0 Å². The van der Waals surface area contributed by atoms with Crippen molar-refractivity contribution < 1.29 is 13.2 Å². The predicted molar refractivity (Wildman–Crippen MR) is 85.0 cm³/mol. The van der Waals surface area contributed by atoms with E-state index in [0.29, 0.717) is 12.1 Å². The quantitative estimate of drug-likeness (QED) is 0.908. The van der Waals surface area contributed by atoms with Crippen molar-refractivity contribution in [3.8, 4) is 0 Å². The molecule has 0 aromatic heterocycles. The highest BCUT2D eigenvalue weighted by Gasteiger charge is 2.23. The predicted octanol–water partition coefficient (Wildman–Crippen LogP) is 2.52. The van der Waals surface area contributed by atoms with Gasteiger partial charge in [0.15, 0.2) is 0 Å². The number of amides is 1. The minimum atomic E-state index is -3.32. The maximum absolute atomic E-state index is 11.9. The van der Waals surface area contributed by atoms with Gasteiger partial charge in [-0.05, 0) is 43.0 Å². The minimum Gasteiger partial charge on any atom is -0.312 e. The number of hydrogen-bond donors (Lipinski definition) is 1. The molecule has 1 saturated heterocycles. The number of nitrogens with zero attached hydrogens (tertiary/aromatic N) is 1. The average molecular weight is 310 g/mol. The second kappa shape index (κ2) is 6.05. The Balaban J connectivity index is 2.18. The molecule has 0 radical (unpaired) electrons. The van der Waals surface area contributed by atoms with E-state index in [4.69, 9.17) is 0 Å². The van der Waals surface area contributed by atoms with Gasteiger partial charge in [0.2, 0.25) is 15.9 Å². The normalized spacial score (nSPS) is 15.8. The third kappa shape index (κ3) is 3.97. The molecule has 5 nitrogen and oxygen atoms in total. The first-order valence-corrected chi connectivity index (χ1v) is 8.85. The number of rotatable bonds is 5. The first-order chi connectivity index (χ1) is 9.78. The van der Waals surface area contributed by atoms with Gasteiger partial charge in [0.1, 0.15) is 0 Å². The SMILES string of the molecule is Cc1cc(NS(=O)(=O)CC(C)C)ccc1N1CCCC1=O. The highest BCUT2D eigenvalue weighted by Crippen LogP contribution is 2.27. The summed E-state index contributed by atoms with van der Waals surface area (Å²) in [5, 5.41) is 0. The molecule has 21 heavy (non-hydrogen) atoms. The monoisotopic (exact) mass is 310 g/mol. The summed E-state index contributed by atoms with van der Waals surface area (Å²) in [4.78, 5) is 13.5. The van der Waals surface area contributed by atoms with Gasteiger partial charge in [0, 0.05) is 24.3 Å². The van der Waals surface area contributed by atoms with Gasteiger partial charge >= 0.3 is 0 Å². The molecule has 1 aliphatic heterocycles. The summed E-state index contributed by atoms with van der Waals surface area (Å²) < 4.78 is 26.5. The maximum Gasteiger partial charge on any atom is 0.232 e. The second-order valence-electron chi connectivity index (χ2n) is 5.93. The van der Waals surface area contributed by atoms with Crippen LogP contribution in [0.15, 0.2) is 18.2 Å². The van der Waals surface area contributed by atoms with Gasteiger partial charge in [-0.2, -0.15) is 0 Å². The standard InChI is InChI=1S/C15H22N2O3S/c1-11(2)10-21(19,20)16-13-6-7-14(12(3)9-13)17-8-4-5-15(17)18/h6-7,9,11,16H,4-5,8,10H2,1-3H3. The number of sulfonamides is 1. The summed E-state index contributed by atoms with van der Waals surface area (Å²) in [5.41, 5.74) is 2.31. The third-order valence-electron chi connectivity index (χ3n) is 3.39. The van der Waals surface area contributed by atoms with Crippen molar-refractivity contribution in [2.45, 2.75) is 33.6 Å². The Bertz CT molecular complexity index is 638. The fourth-order valence-corrected chi connectivity index (χ4v) is 4.03. The summed E-state index contributed by atoms with van der Waals surface area (Å²) in [6, 6.07) is 5.30. The molecule has 1 aliphatic rings. The molecule has 6 heteroatoms. The number of nitrogens with one attached hydrogen (secondary N) is 1. The number of carbonyl (C=O) groups excluding carboxylic acids is 1. The van der Waals surface area contributed by atoms with Crippen LogP contribution in [-0.4, -0.2) is 26.6 Å². The van der Waals surface area contributed by atoms with Gasteiger partial charge in [-0.25, -0.2) is 8.42 Å². The van der Waals surface area contributed by atoms with Gasteiger partial charge < -0.3 is 4.90 Å². The molecule has 1 amide bonds. The lowest BCUT2D eigenvalue weighted by Gasteiger charge is -2.19. The molecule has 0 atom stereocenters. The minimum absolute atomic E-state index is 0.0742. The Morgan fingerprint density at radius 1 is 1.33 bits per heavy atom. The van der Waals surface area contributed by atoms with Crippen LogP contribution in [0.1, 0.15) is 32.3 Å². The number of benzene rings is 1. The average Bonchev–Trinajstić information content (AvgIpc) is 2.73. The van der Waals surface area contributed by atoms with E-state index in [1.165, 1.54) is 0 Å². The van der Waals surface area contributed by atoms with Crippen LogP contribution in [0.4, 0.5) is 11.4 Å². The number of hydrogen-bond acceptors (Lipinski definition) is 3. The van der Waals surface area contributed by atoms with Crippen molar-refractivity contribution in [3.05, 3.63) is 23.8 Å². The van der Waals surface area contributed by atoms with Crippen molar-refractivity contribution in [2.24, 2.45) is 5.92 Å². The smallest absolute Gasteiger partial charge is 0.232 e. The van der Waals surface area contributed by atoms with E-state index in [9.17, 15) is 13.2 Å². The van der Waals surface area contributed by atoms with Gasteiger partial charge in [-0.3, -0.25) is 9.52 Å². The van der Waals surface area contributed by atoms with Gasteiger partial charge in [0.25, 0.3) is 0 Å². The first-order valence-electron chi connectivity index (χ1n) is 7.20. The number of carbonyl (C=O) groups is 1. The van der Waals surface area contributed by atoms with Crippen molar-refractivity contribution in [1.82, 2.24) is 0 Å². The Kier molecular flexibility index (Phi) is 4.56. The zero-order chi connectivity index (χ0) is 15.6. The molecule has 1 aromatic carbocycles. The highest BCUT2D eigenvalue weighted by atomic mass is 32.2. The van der Waals surface area contributed by atoms with E-state index in [1.807, 2.05) is 26.8 Å². The molecule has 2 rings (SSSR count). The van der Waals surface area contributed by atoms with E-state index in [0.717, 1.165) is 24.2 Å². The maximum atomic E-state index is 11.9. The van der Waals surface area contributed by atoms with Crippen LogP contribution in [0, 0.1) is 12.8 Å². The summed E-state index contributed by atoms with van der Waals surface area (Å²) in [7, 11) is -3.32. The van der Waals surface area contributed by atoms with Gasteiger partial charge in [0.05, 0.1) is 5.75 Å². The molecule has 0 spiro atoms. The Morgan fingerprint density at radius 2 is 2.05 bits per heavy atom. The zero-order valence-electron chi connectivity index (χ0n) is 12.7. The van der Waals surface area contributed by atoms with Crippen LogP contribution >= 0.6 is 0 Å². The van der Waals surface area contributed by atoms with Crippen molar-refractivity contribution in [1.29, 1.82) is 0 Å². The molecule has 0 saturated carbocycles. The molecule has 0 bridgehead atoms. The fourth-order valence-electron chi connectivity index (χ4n) is 2.58. The van der Waals surface area contributed by atoms with E-state index < -0.39 is 10.0 Å². The van der Waals surface area contributed by atoms with Crippen LogP contribution in [0.25, 0.3) is 0 Å². The fraction of sp³-hybridized carbons (Fsp3) is 0.533. The van der Waals surface area contributed by atoms with E-state index in [1.54, 1.807) is 17.0 Å². The molecule has 0 aliphatic carbocycles. The lowest BCUT2D eigenvalue weighted by Crippen LogP contribution is -2.24. The molecule has 1 N–H and O–H groups in total. The van der Waals surface area contributed by atoms with E-state index in [2.05, 4.69) is 4.72 Å². The first kappa shape index (κ1) is 15.8. The van der Waals surface area contributed by atoms with Crippen LogP contribution in [-0.2, 0) is 14.8 Å². The molecule has 0 unspecified atom stereocenters. The topological polar surface area (TPSA) is 66.5 Å². The number of aryl methyl sites for hydroxylation is 1. The van der Waals surface area contributed by atoms with Gasteiger partial charge in [-0.1, -0.05) is 13.8 Å². The van der Waals surface area contributed by atoms with Gasteiger partial charge in [-0.15, -0.1) is 0 Å². The molecule has 116 valence electrons. The number of anilines is 2. The van der Waals surface area contributed by atoms with Crippen LogP contribution in [0.3, 0.4) is 0 Å². The van der Waals surface area contributed by atoms with Crippen LogP contribution < -0.4 is 9.62 Å². The highest BCUT2D eigenvalue weighted by molar-refractivity contribution is 7.92. The van der Waals surface area contributed by atoms with Crippen molar-refractivity contribution in [3.63, 3.8) is 0 Å². The lowest BCUT2D eigenvalue weighted by atomic mass is 10.1. The van der Waals surface area contributed by atoms with E-state index >= 15 is 0 Å². The zero-order valence-corrected chi connectivity index (χ0v) is 13.5. The molecular formula is C15H22N2O3S. The Morgan fingerprint density at radius 3 is 2.57 bits per heavy atom. The van der Waals surface area contributed by atoms with Crippen molar-refractivity contribution >= 4 is 27.3 Å². The summed E-state index contributed by atoms with van der Waals surface area (Å²) in [5.74, 6) is 0.301. The Labute approximate surface area is 126 Å². The molecule has 1 aromatic rings. The Hall–Kier alpha value is -1.56. The summed E-state index contributed by atoms with van der Waals surface area (Å²) >= 11 is 0. The van der Waals surface area contributed by atoms with Crippen molar-refractivity contribution in [2.75, 3.05) is 21.9 Å². The largest absolute Gasteiger partial charge is 0.312 e. The summed E-state index contributed by atoms with van der Waals surface area (Å²) in [6.45, 7) is 6.36.